The standard InChI is InChI=1S/C29H24O10/c30-15-5-14(6-16(31)9-15)25-26-24(38-28(25)13-2-4-19(33)22(36)8-13)11-20(34)17-10-23(37)27(39-29(17)26)12-1-3-18(32)21(35)7-12/h1-9,11,23,25,27-28,30-37H,10H2. The zero-order valence-corrected chi connectivity index (χ0v) is 20.2. The summed E-state index contributed by atoms with van der Waals surface area (Å²) in [5.41, 5.74) is 2.05. The van der Waals surface area contributed by atoms with Crippen molar-refractivity contribution in [2.45, 2.75) is 30.7 Å². The maximum absolute atomic E-state index is 10.9. The third-order valence-electron chi connectivity index (χ3n) is 7.18. The fourth-order valence-corrected chi connectivity index (χ4v) is 5.41. The van der Waals surface area contributed by atoms with Crippen LogP contribution in [0.5, 0.6) is 51.7 Å². The second kappa shape index (κ2) is 8.81. The van der Waals surface area contributed by atoms with Gasteiger partial charge in [0.15, 0.2) is 23.0 Å². The van der Waals surface area contributed by atoms with E-state index in [0.717, 1.165) is 0 Å². The van der Waals surface area contributed by atoms with Crippen molar-refractivity contribution in [1.82, 2.24) is 0 Å². The second-order valence-electron chi connectivity index (χ2n) is 9.72. The van der Waals surface area contributed by atoms with Crippen molar-refractivity contribution in [3.8, 4) is 51.7 Å². The van der Waals surface area contributed by atoms with Gasteiger partial charge in [-0.25, -0.2) is 0 Å². The van der Waals surface area contributed by atoms with E-state index in [-0.39, 0.29) is 58.2 Å². The molecule has 0 aliphatic carbocycles. The molecule has 4 atom stereocenters. The van der Waals surface area contributed by atoms with Crippen LogP contribution in [0, 0.1) is 0 Å². The first-order chi connectivity index (χ1) is 18.6. The van der Waals surface area contributed by atoms with Gasteiger partial charge in [-0.2, -0.15) is 0 Å². The molecule has 6 rings (SSSR count). The summed E-state index contributed by atoms with van der Waals surface area (Å²) in [7, 11) is 0. The maximum atomic E-state index is 10.9. The van der Waals surface area contributed by atoms with E-state index in [1.165, 1.54) is 54.6 Å². The number of phenols is 7. The molecule has 4 aromatic carbocycles. The molecule has 4 unspecified atom stereocenters. The summed E-state index contributed by atoms with van der Waals surface area (Å²) in [6, 6.07) is 13.7. The van der Waals surface area contributed by atoms with Gasteiger partial charge in [0.2, 0.25) is 0 Å². The fourth-order valence-electron chi connectivity index (χ4n) is 5.41. The molecule has 8 N–H and O–H groups in total. The van der Waals surface area contributed by atoms with Crippen LogP contribution in [0.2, 0.25) is 0 Å². The van der Waals surface area contributed by atoms with Gasteiger partial charge in [-0.15, -0.1) is 0 Å². The largest absolute Gasteiger partial charge is 0.508 e. The minimum absolute atomic E-state index is 0.0105. The Morgan fingerprint density at radius 2 is 1.15 bits per heavy atom. The Hall–Kier alpha value is -4.96. The van der Waals surface area contributed by atoms with E-state index in [1.807, 2.05) is 0 Å². The Labute approximate surface area is 221 Å². The number of benzene rings is 4. The lowest BCUT2D eigenvalue weighted by atomic mass is 9.82. The minimum Gasteiger partial charge on any atom is -0.508 e. The van der Waals surface area contributed by atoms with Crippen LogP contribution < -0.4 is 9.47 Å². The molecule has 2 aliphatic heterocycles. The van der Waals surface area contributed by atoms with Crippen molar-refractivity contribution in [2.24, 2.45) is 0 Å². The highest BCUT2D eigenvalue weighted by molar-refractivity contribution is 5.65. The molecule has 0 saturated carbocycles. The van der Waals surface area contributed by atoms with Crippen molar-refractivity contribution in [3.05, 3.63) is 88.5 Å². The Morgan fingerprint density at radius 1 is 0.564 bits per heavy atom. The summed E-state index contributed by atoms with van der Waals surface area (Å²) in [4.78, 5) is 0. The fraction of sp³-hybridized carbons (Fsp3) is 0.172. The predicted octanol–water partition coefficient (Wildman–Crippen LogP) is 3.93. The Bertz CT molecular complexity index is 1590. The first-order valence-corrected chi connectivity index (χ1v) is 12.1. The highest BCUT2D eigenvalue weighted by Crippen LogP contribution is 2.58. The maximum Gasteiger partial charge on any atom is 0.157 e. The van der Waals surface area contributed by atoms with Crippen LogP contribution in [0.3, 0.4) is 0 Å². The van der Waals surface area contributed by atoms with Crippen LogP contribution in [-0.4, -0.2) is 47.0 Å². The van der Waals surface area contributed by atoms with E-state index in [2.05, 4.69) is 0 Å². The van der Waals surface area contributed by atoms with Crippen LogP contribution in [-0.2, 0) is 6.42 Å². The molecular weight excluding hydrogens is 508 g/mol. The molecule has 10 heteroatoms. The lowest BCUT2D eigenvalue weighted by Gasteiger charge is -2.33. The van der Waals surface area contributed by atoms with Gasteiger partial charge in [0.1, 0.15) is 41.0 Å². The number of rotatable bonds is 3. The van der Waals surface area contributed by atoms with E-state index >= 15 is 0 Å². The molecule has 39 heavy (non-hydrogen) atoms. The van der Waals surface area contributed by atoms with Gasteiger partial charge in [-0.1, -0.05) is 12.1 Å². The molecule has 10 nitrogen and oxygen atoms in total. The number of fused-ring (bicyclic) bond motifs is 3. The molecule has 4 aromatic rings. The number of aromatic hydroxyl groups is 7. The van der Waals surface area contributed by atoms with Crippen LogP contribution in [0.1, 0.15) is 45.9 Å². The van der Waals surface area contributed by atoms with Crippen molar-refractivity contribution in [1.29, 1.82) is 0 Å². The summed E-state index contributed by atoms with van der Waals surface area (Å²) >= 11 is 0. The number of ether oxygens (including phenoxy) is 2. The molecule has 0 amide bonds. The quantitative estimate of drug-likeness (QED) is 0.180. The van der Waals surface area contributed by atoms with Gasteiger partial charge in [-0.3, -0.25) is 0 Å². The van der Waals surface area contributed by atoms with Crippen molar-refractivity contribution in [3.63, 3.8) is 0 Å². The number of hydrogen-bond acceptors (Lipinski definition) is 10. The van der Waals surface area contributed by atoms with Gasteiger partial charge in [0.25, 0.3) is 0 Å². The van der Waals surface area contributed by atoms with Gasteiger partial charge in [-0.05, 0) is 53.1 Å². The number of phenolic OH excluding ortho intramolecular Hbond substituents is 7. The predicted molar refractivity (Wildman–Crippen MR) is 136 cm³/mol. The molecule has 2 heterocycles. The van der Waals surface area contributed by atoms with E-state index in [9.17, 15) is 40.9 Å². The molecule has 0 saturated heterocycles. The van der Waals surface area contributed by atoms with Crippen molar-refractivity contribution < 1.29 is 50.3 Å². The molecule has 0 radical (unpaired) electrons. The van der Waals surface area contributed by atoms with Crippen LogP contribution in [0.25, 0.3) is 0 Å². The normalized spacial score (nSPS) is 21.5. The smallest absolute Gasteiger partial charge is 0.157 e. The van der Waals surface area contributed by atoms with Gasteiger partial charge in [0, 0.05) is 29.7 Å². The molecule has 200 valence electrons. The van der Waals surface area contributed by atoms with Crippen LogP contribution in [0.15, 0.2) is 60.7 Å². The summed E-state index contributed by atoms with van der Waals surface area (Å²) in [6.45, 7) is 0. The number of aliphatic hydroxyl groups is 1. The summed E-state index contributed by atoms with van der Waals surface area (Å²) in [6.07, 6.45) is -2.94. The lowest BCUT2D eigenvalue weighted by molar-refractivity contribution is 0.0191. The lowest BCUT2D eigenvalue weighted by Crippen LogP contribution is -2.31. The Balaban J connectivity index is 1.54. The Morgan fingerprint density at radius 3 is 1.74 bits per heavy atom. The topological polar surface area (TPSA) is 180 Å². The number of aliphatic hydroxyl groups excluding tert-OH is 1. The summed E-state index contributed by atoms with van der Waals surface area (Å²) in [5.74, 6) is -2.29. The monoisotopic (exact) mass is 532 g/mol. The van der Waals surface area contributed by atoms with Gasteiger partial charge in [0.05, 0.1) is 12.0 Å². The second-order valence-corrected chi connectivity index (χ2v) is 9.72. The van der Waals surface area contributed by atoms with Crippen LogP contribution in [0.4, 0.5) is 0 Å². The van der Waals surface area contributed by atoms with Crippen molar-refractivity contribution >= 4 is 0 Å². The minimum atomic E-state index is -1.11. The SMILES string of the molecule is Oc1cc(O)cc(C2c3c(cc(O)c4c3OC(c3ccc(O)c(O)c3)C(O)C4)OC2c2ccc(O)c(O)c2)c1. The average Bonchev–Trinajstić information content (AvgIpc) is 3.26. The molecule has 0 fully saturated rings. The van der Waals surface area contributed by atoms with E-state index < -0.39 is 24.2 Å². The van der Waals surface area contributed by atoms with E-state index in [0.29, 0.717) is 27.8 Å². The van der Waals surface area contributed by atoms with Crippen LogP contribution >= 0.6 is 0 Å². The summed E-state index contributed by atoms with van der Waals surface area (Å²) < 4.78 is 12.5. The molecule has 0 spiro atoms. The summed E-state index contributed by atoms with van der Waals surface area (Å²) in [5, 5.41) is 82.1. The average molecular weight is 533 g/mol. The first kappa shape index (κ1) is 24.4. The highest BCUT2D eigenvalue weighted by Gasteiger charge is 2.44. The molecule has 0 bridgehead atoms. The van der Waals surface area contributed by atoms with Gasteiger partial charge >= 0.3 is 0 Å². The zero-order chi connectivity index (χ0) is 27.6. The first-order valence-electron chi connectivity index (χ1n) is 12.1. The third-order valence-corrected chi connectivity index (χ3v) is 7.18. The Kier molecular flexibility index (Phi) is 5.51. The zero-order valence-electron chi connectivity index (χ0n) is 20.2. The molecular formula is C29H24O10. The van der Waals surface area contributed by atoms with Crippen molar-refractivity contribution in [2.75, 3.05) is 0 Å². The third kappa shape index (κ3) is 4.02. The van der Waals surface area contributed by atoms with E-state index in [1.54, 1.807) is 6.07 Å². The van der Waals surface area contributed by atoms with E-state index in [4.69, 9.17) is 9.47 Å². The van der Waals surface area contributed by atoms with Gasteiger partial charge < -0.3 is 50.3 Å². The highest BCUT2D eigenvalue weighted by atomic mass is 16.5. The molecule has 0 aromatic heterocycles. The molecule has 2 aliphatic rings. The number of hydrogen-bond donors (Lipinski definition) is 8.